The van der Waals surface area contributed by atoms with Gasteiger partial charge in [-0.25, -0.2) is 0 Å². The van der Waals surface area contributed by atoms with E-state index in [-0.39, 0.29) is 6.54 Å². The fourth-order valence-corrected chi connectivity index (χ4v) is 0.548. The van der Waals surface area contributed by atoms with Crippen molar-refractivity contribution in [1.82, 2.24) is 5.27 Å². The van der Waals surface area contributed by atoms with Crippen molar-refractivity contribution in [1.29, 1.82) is 0 Å². The molecule has 9 heavy (non-hydrogen) atoms. The Kier molecular flexibility index (Phi) is 1.35. The summed E-state index contributed by atoms with van der Waals surface area (Å²) in [4.78, 5) is 0. The molecule has 0 amide bonds. The van der Waals surface area contributed by atoms with E-state index in [4.69, 9.17) is 5.73 Å². The molecular weight excluding hydrogens is 122 g/mol. The van der Waals surface area contributed by atoms with Crippen LogP contribution in [-0.2, 0) is 13.6 Å². The Hall–Kier alpha value is -1.10. The van der Waals surface area contributed by atoms with Crippen LogP contribution in [0, 0.1) is 0 Å². The summed E-state index contributed by atoms with van der Waals surface area (Å²) in [6, 6.07) is 0. The summed E-state index contributed by atoms with van der Waals surface area (Å²) in [7, 11) is 1.60. The van der Waals surface area contributed by atoms with Crippen molar-refractivity contribution in [2.24, 2.45) is 12.8 Å². The Labute approximate surface area is 51.7 Å². The molecule has 0 unspecified atom stereocenters. The van der Waals surface area contributed by atoms with E-state index in [0.717, 1.165) is 0 Å². The molecule has 5 heteroatoms. The van der Waals surface area contributed by atoms with Crippen molar-refractivity contribution in [2.75, 3.05) is 0 Å². The predicted molar refractivity (Wildman–Crippen MR) is 25.0 cm³/mol. The molecule has 0 fully saturated rings. The normalized spacial score (nSPS) is 10.0. The zero-order valence-electron chi connectivity index (χ0n) is 5.00. The molecule has 50 valence electrons. The minimum Gasteiger partial charge on any atom is -0.539 e. The SMILES string of the molecule is C[n+]1noc([O-])c1CN. The highest BCUT2D eigenvalue weighted by atomic mass is 16.6. The number of hydrogen-bond acceptors (Lipinski definition) is 4. The molecule has 1 aromatic heterocycles. The van der Waals surface area contributed by atoms with Crippen molar-refractivity contribution < 1.29 is 14.3 Å². The molecule has 1 heterocycles. The van der Waals surface area contributed by atoms with Gasteiger partial charge in [0.25, 0.3) is 0 Å². The highest BCUT2D eigenvalue weighted by Crippen LogP contribution is 2.02. The van der Waals surface area contributed by atoms with Crippen molar-refractivity contribution >= 4 is 0 Å². The van der Waals surface area contributed by atoms with Gasteiger partial charge in [-0.1, -0.05) is 4.68 Å². The van der Waals surface area contributed by atoms with Crippen LogP contribution in [0.15, 0.2) is 4.52 Å². The summed E-state index contributed by atoms with van der Waals surface area (Å²) in [6.07, 6.45) is 0. The quantitative estimate of drug-likeness (QED) is 0.446. The second-order valence-corrected chi connectivity index (χ2v) is 1.63. The van der Waals surface area contributed by atoms with Gasteiger partial charge in [-0.2, -0.15) is 0 Å². The number of aryl methyl sites for hydroxylation is 1. The highest BCUT2D eigenvalue weighted by Gasteiger charge is 2.08. The highest BCUT2D eigenvalue weighted by molar-refractivity contribution is 5.01. The Bertz CT molecular complexity index is 188. The van der Waals surface area contributed by atoms with Crippen LogP contribution < -0.4 is 15.5 Å². The van der Waals surface area contributed by atoms with Crippen LogP contribution in [0.2, 0.25) is 0 Å². The molecule has 0 atom stereocenters. The molecule has 2 N–H and O–H groups in total. The third kappa shape index (κ3) is 0.857. The Morgan fingerprint density at radius 3 is 2.78 bits per heavy atom. The van der Waals surface area contributed by atoms with Crippen molar-refractivity contribution in [2.45, 2.75) is 6.54 Å². The Balaban J connectivity index is 3.07. The first-order chi connectivity index (χ1) is 4.25. The maximum Gasteiger partial charge on any atom is 0.246 e. The summed E-state index contributed by atoms with van der Waals surface area (Å²) in [5.74, 6) is -0.458. The average molecular weight is 129 g/mol. The molecule has 0 radical (unpaired) electrons. The largest absolute Gasteiger partial charge is 0.539 e. The first-order valence-corrected chi connectivity index (χ1v) is 2.47. The summed E-state index contributed by atoms with van der Waals surface area (Å²) in [5.41, 5.74) is 5.56. The monoisotopic (exact) mass is 129 g/mol. The molecular formula is C4H7N3O2. The molecule has 5 nitrogen and oxygen atoms in total. The van der Waals surface area contributed by atoms with E-state index < -0.39 is 5.95 Å². The maximum absolute atomic E-state index is 10.5. The predicted octanol–water partition coefficient (Wildman–Crippen LogP) is -1.97. The van der Waals surface area contributed by atoms with E-state index in [0.29, 0.717) is 5.69 Å². The zero-order chi connectivity index (χ0) is 6.85. The van der Waals surface area contributed by atoms with Crippen LogP contribution >= 0.6 is 0 Å². The van der Waals surface area contributed by atoms with Crippen molar-refractivity contribution in [3.63, 3.8) is 0 Å². The molecule has 0 saturated carbocycles. The van der Waals surface area contributed by atoms with Gasteiger partial charge in [0.1, 0.15) is 0 Å². The van der Waals surface area contributed by atoms with Crippen molar-refractivity contribution in [3.05, 3.63) is 5.69 Å². The van der Waals surface area contributed by atoms with Gasteiger partial charge in [-0.05, 0) is 0 Å². The second kappa shape index (κ2) is 2.02. The van der Waals surface area contributed by atoms with Gasteiger partial charge >= 0.3 is 0 Å². The molecule has 0 spiro atoms. The van der Waals surface area contributed by atoms with Crippen LogP contribution in [0.4, 0.5) is 0 Å². The number of hydrogen-bond donors (Lipinski definition) is 1. The fourth-order valence-electron chi connectivity index (χ4n) is 0.548. The first-order valence-electron chi connectivity index (χ1n) is 2.47. The second-order valence-electron chi connectivity index (χ2n) is 1.63. The van der Waals surface area contributed by atoms with E-state index in [1.54, 1.807) is 7.05 Å². The molecule has 1 aromatic rings. The maximum atomic E-state index is 10.5. The summed E-state index contributed by atoms with van der Waals surface area (Å²) in [5, 5.41) is 13.9. The molecule has 0 aliphatic carbocycles. The van der Waals surface area contributed by atoms with Crippen molar-refractivity contribution in [3.8, 4) is 5.95 Å². The smallest absolute Gasteiger partial charge is 0.246 e. The molecule has 0 aliphatic rings. The third-order valence-electron chi connectivity index (χ3n) is 1.07. The lowest BCUT2D eigenvalue weighted by atomic mass is 10.5. The van der Waals surface area contributed by atoms with Gasteiger partial charge in [0, 0.05) is 0 Å². The van der Waals surface area contributed by atoms with Crippen LogP contribution in [0.5, 0.6) is 5.95 Å². The van der Waals surface area contributed by atoms with E-state index in [1.807, 2.05) is 0 Å². The standard InChI is InChI=1S/C4H7N3O2/c1-7-3(2-5)4(8)9-6-7/h2,5H2,1H3. The minimum absolute atomic E-state index is 0.166. The van der Waals surface area contributed by atoms with E-state index in [2.05, 4.69) is 9.79 Å². The summed E-state index contributed by atoms with van der Waals surface area (Å²) >= 11 is 0. The van der Waals surface area contributed by atoms with Gasteiger partial charge in [0.15, 0.2) is 13.0 Å². The lowest BCUT2D eigenvalue weighted by molar-refractivity contribution is -0.746. The van der Waals surface area contributed by atoms with Gasteiger partial charge in [0.2, 0.25) is 5.69 Å². The van der Waals surface area contributed by atoms with E-state index in [1.165, 1.54) is 4.68 Å². The number of rotatable bonds is 1. The molecule has 0 aliphatic heterocycles. The Morgan fingerprint density at radius 1 is 1.89 bits per heavy atom. The van der Waals surface area contributed by atoms with Gasteiger partial charge < -0.3 is 15.4 Å². The lowest BCUT2D eigenvalue weighted by Crippen LogP contribution is -2.35. The molecule has 1 rings (SSSR count). The van der Waals surface area contributed by atoms with Gasteiger partial charge in [-0.15, -0.1) is 0 Å². The first kappa shape index (κ1) is 6.03. The van der Waals surface area contributed by atoms with Gasteiger partial charge in [0.05, 0.1) is 11.8 Å². The molecule has 0 saturated heterocycles. The van der Waals surface area contributed by atoms with Crippen LogP contribution in [-0.4, -0.2) is 5.27 Å². The summed E-state index contributed by atoms with van der Waals surface area (Å²) < 4.78 is 5.59. The van der Waals surface area contributed by atoms with E-state index >= 15 is 0 Å². The lowest BCUT2D eigenvalue weighted by Gasteiger charge is -1.87. The number of nitrogens with two attached hydrogens (primary N) is 1. The average Bonchev–Trinajstić information content (AvgIpc) is 2.12. The number of aromatic nitrogens is 2. The van der Waals surface area contributed by atoms with Crippen LogP contribution in [0.25, 0.3) is 0 Å². The zero-order valence-corrected chi connectivity index (χ0v) is 5.00. The third-order valence-corrected chi connectivity index (χ3v) is 1.07. The van der Waals surface area contributed by atoms with Crippen LogP contribution in [0.3, 0.4) is 0 Å². The topological polar surface area (TPSA) is 79.0 Å². The number of nitrogens with zero attached hydrogens (tertiary/aromatic N) is 2. The molecule has 0 bridgehead atoms. The minimum atomic E-state index is -0.458. The van der Waals surface area contributed by atoms with E-state index in [9.17, 15) is 5.11 Å². The van der Waals surface area contributed by atoms with Crippen LogP contribution in [0.1, 0.15) is 5.69 Å². The fraction of sp³-hybridized carbons (Fsp3) is 0.500. The Morgan fingerprint density at radius 2 is 2.56 bits per heavy atom. The molecule has 0 aromatic carbocycles. The summed E-state index contributed by atoms with van der Waals surface area (Å²) in [6.45, 7) is 0.166. The van der Waals surface area contributed by atoms with Gasteiger partial charge in [-0.3, -0.25) is 0 Å².